The highest BCUT2D eigenvalue weighted by atomic mass is 14.7. The summed E-state index contributed by atoms with van der Waals surface area (Å²) in [4.78, 5) is 4.07. The fourth-order valence-corrected chi connectivity index (χ4v) is 1.93. The minimum absolute atomic E-state index is 0.106. The Morgan fingerprint density at radius 3 is 2.82 bits per heavy atom. The van der Waals surface area contributed by atoms with E-state index < -0.39 is 0 Å². The third-order valence-corrected chi connectivity index (χ3v) is 2.82. The van der Waals surface area contributed by atoms with Gasteiger partial charge in [0.2, 0.25) is 0 Å². The highest BCUT2D eigenvalue weighted by molar-refractivity contribution is 5.46. The Kier molecular flexibility index (Phi) is 3.40. The number of nitrogens with zero attached hydrogens (tertiary/aromatic N) is 1. The first-order valence-electron chi connectivity index (χ1n) is 5.67. The van der Waals surface area contributed by atoms with E-state index in [-0.39, 0.29) is 6.04 Å². The molecule has 2 aromatic rings. The molecule has 0 radical (unpaired) electrons. The molecular weight excluding hydrogens is 210 g/mol. The lowest BCUT2D eigenvalue weighted by Crippen LogP contribution is -2.15. The van der Waals surface area contributed by atoms with Crippen molar-refractivity contribution in [2.45, 2.75) is 19.4 Å². The zero-order valence-electron chi connectivity index (χ0n) is 9.93. The van der Waals surface area contributed by atoms with Crippen molar-refractivity contribution in [1.29, 1.82) is 0 Å². The molecule has 1 aromatic heterocycles. The van der Waals surface area contributed by atoms with Crippen molar-refractivity contribution in [3.63, 3.8) is 0 Å². The van der Waals surface area contributed by atoms with Gasteiger partial charge in [-0.25, -0.2) is 0 Å². The molecule has 4 N–H and O–H groups in total. The summed E-state index contributed by atoms with van der Waals surface area (Å²) in [6.45, 7) is 2.08. The SMILES string of the molecule is Cc1cccc(CC(N)c2cnccc2N)c1. The van der Waals surface area contributed by atoms with E-state index in [2.05, 4.69) is 30.1 Å². The summed E-state index contributed by atoms with van der Waals surface area (Å²) in [6.07, 6.45) is 4.20. The number of rotatable bonds is 3. The van der Waals surface area contributed by atoms with Crippen molar-refractivity contribution in [2.75, 3.05) is 5.73 Å². The van der Waals surface area contributed by atoms with Gasteiger partial charge in [0.1, 0.15) is 0 Å². The van der Waals surface area contributed by atoms with Gasteiger partial charge in [-0.05, 0) is 25.0 Å². The van der Waals surface area contributed by atoms with Crippen LogP contribution in [0.2, 0.25) is 0 Å². The highest BCUT2D eigenvalue weighted by Gasteiger charge is 2.10. The van der Waals surface area contributed by atoms with E-state index in [0.29, 0.717) is 5.69 Å². The molecule has 1 aromatic carbocycles. The van der Waals surface area contributed by atoms with Crippen LogP contribution in [0.5, 0.6) is 0 Å². The summed E-state index contributed by atoms with van der Waals surface area (Å²) < 4.78 is 0. The van der Waals surface area contributed by atoms with Crippen LogP contribution in [0.1, 0.15) is 22.7 Å². The Labute approximate surface area is 101 Å². The molecule has 0 aliphatic carbocycles. The van der Waals surface area contributed by atoms with Crippen LogP contribution in [0.15, 0.2) is 42.7 Å². The number of aryl methyl sites for hydroxylation is 1. The number of aromatic nitrogens is 1. The normalized spacial score (nSPS) is 12.4. The number of hydrogen-bond donors (Lipinski definition) is 2. The number of hydrogen-bond acceptors (Lipinski definition) is 3. The van der Waals surface area contributed by atoms with Gasteiger partial charge in [-0.3, -0.25) is 4.98 Å². The van der Waals surface area contributed by atoms with Gasteiger partial charge in [-0.2, -0.15) is 0 Å². The van der Waals surface area contributed by atoms with E-state index >= 15 is 0 Å². The summed E-state index contributed by atoms with van der Waals surface area (Å²) in [6, 6.07) is 10.0. The van der Waals surface area contributed by atoms with E-state index in [1.54, 1.807) is 18.5 Å². The molecule has 0 saturated carbocycles. The minimum atomic E-state index is -0.106. The Bertz CT molecular complexity index is 508. The number of nitrogens with two attached hydrogens (primary N) is 2. The molecule has 0 aliphatic rings. The molecule has 88 valence electrons. The molecule has 1 atom stereocenters. The Balaban J connectivity index is 2.17. The van der Waals surface area contributed by atoms with Crippen LogP contribution in [-0.2, 0) is 6.42 Å². The predicted octanol–water partition coefficient (Wildman–Crippen LogP) is 2.21. The van der Waals surface area contributed by atoms with Gasteiger partial charge >= 0.3 is 0 Å². The maximum absolute atomic E-state index is 6.16. The molecule has 1 heterocycles. The second kappa shape index (κ2) is 4.97. The lowest BCUT2D eigenvalue weighted by Gasteiger charge is -2.14. The van der Waals surface area contributed by atoms with Crippen molar-refractivity contribution in [3.05, 3.63) is 59.4 Å². The van der Waals surface area contributed by atoms with E-state index in [1.807, 2.05) is 6.07 Å². The Morgan fingerprint density at radius 2 is 2.12 bits per heavy atom. The van der Waals surface area contributed by atoms with Crippen LogP contribution in [0, 0.1) is 6.92 Å². The van der Waals surface area contributed by atoms with Gasteiger partial charge in [0.25, 0.3) is 0 Å². The Morgan fingerprint density at radius 1 is 1.29 bits per heavy atom. The van der Waals surface area contributed by atoms with Gasteiger partial charge in [0.05, 0.1) is 0 Å². The highest BCUT2D eigenvalue weighted by Crippen LogP contribution is 2.20. The van der Waals surface area contributed by atoms with Crippen LogP contribution < -0.4 is 11.5 Å². The quantitative estimate of drug-likeness (QED) is 0.845. The minimum Gasteiger partial charge on any atom is -0.398 e. The van der Waals surface area contributed by atoms with E-state index in [0.717, 1.165) is 12.0 Å². The first kappa shape index (κ1) is 11.6. The van der Waals surface area contributed by atoms with E-state index in [9.17, 15) is 0 Å². The molecule has 0 amide bonds. The molecule has 0 saturated heterocycles. The first-order valence-corrected chi connectivity index (χ1v) is 5.67. The van der Waals surface area contributed by atoms with Crippen LogP contribution in [0.3, 0.4) is 0 Å². The van der Waals surface area contributed by atoms with Crippen LogP contribution in [-0.4, -0.2) is 4.98 Å². The number of pyridine rings is 1. The molecule has 1 unspecified atom stereocenters. The van der Waals surface area contributed by atoms with Crippen molar-refractivity contribution in [2.24, 2.45) is 5.73 Å². The molecule has 3 heteroatoms. The van der Waals surface area contributed by atoms with Crippen molar-refractivity contribution in [1.82, 2.24) is 4.98 Å². The maximum Gasteiger partial charge on any atom is 0.0393 e. The summed E-state index contributed by atoms with van der Waals surface area (Å²) in [7, 11) is 0. The van der Waals surface area contributed by atoms with Gasteiger partial charge < -0.3 is 11.5 Å². The fraction of sp³-hybridized carbons (Fsp3) is 0.214. The zero-order chi connectivity index (χ0) is 12.3. The molecule has 0 fully saturated rings. The monoisotopic (exact) mass is 227 g/mol. The van der Waals surface area contributed by atoms with Gasteiger partial charge in [0, 0.05) is 29.7 Å². The fourth-order valence-electron chi connectivity index (χ4n) is 1.93. The lowest BCUT2D eigenvalue weighted by atomic mass is 9.99. The topological polar surface area (TPSA) is 64.9 Å². The summed E-state index contributed by atoms with van der Waals surface area (Å²) in [5.41, 5.74) is 16.1. The Hall–Kier alpha value is -1.87. The summed E-state index contributed by atoms with van der Waals surface area (Å²) in [5, 5.41) is 0. The zero-order valence-corrected chi connectivity index (χ0v) is 9.93. The van der Waals surface area contributed by atoms with Crippen molar-refractivity contribution >= 4 is 5.69 Å². The van der Waals surface area contributed by atoms with Gasteiger partial charge in [-0.1, -0.05) is 29.8 Å². The van der Waals surface area contributed by atoms with Crippen molar-refractivity contribution < 1.29 is 0 Å². The van der Waals surface area contributed by atoms with Crippen LogP contribution >= 0.6 is 0 Å². The third-order valence-electron chi connectivity index (χ3n) is 2.82. The summed E-state index contributed by atoms with van der Waals surface area (Å²) in [5.74, 6) is 0. The molecular formula is C14H17N3. The smallest absolute Gasteiger partial charge is 0.0393 e. The molecule has 0 aliphatic heterocycles. The molecule has 2 rings (SSSR count). The number of benzene rings is 1. The average Bonchev–Trinajstić information content (AvgIpc) is 2.29. The van der Waals surface area contributed by atoms with E-state index in [4.69, 9.17) is 11.5 Å². The third kappa shape index (κ3) is 2.82. The van der Waals surface area contributed by atoms with Gasteiger partial charge in [0.15, 0.2) is 0 Å². The first-order chi connectivity index (χ1) is 8.16. The molecule has 0 bridgehead atoms. The van der Waals surface area contributed by atoms with Crippen molar-refractivity contribution in [3.8, 4) is 0 Å². The number of nitrogen functional groups attached to an aromatic ring is 1. The van der Waals surface area contributed by atoms with E-state index in [1.165, 1.54) is 11.1 Å². The second-order valence-corrected chi connectivity index (χ2v) is 4.30. The predicted molar refractivity (Wildman–Crippen MR) is 70.5 cm³/mol. The maximum atomic E-state index is 6.16. The number of anilines is 1. The largest absolute Gasteiger partial charge is 0.398 e. The van der Waals surface area contributed by atoms with Crippen LogP contribution in [0.25, 0.3) is 0 Å². The molecule has 17 heavy (non-hydrogen) atoms. The summed E-state index contributed by atoms with van der Waals surface area (Å²) >= 11 is 0. The second-order valence-electron chi connectivity index (χ2n) is 4.30. The van der Waals surface area contributed by atoms with Gasteiger partial charge in [-0.15, -0.1) is 0 Å². The lowest BCUT2D eigenvalue weighted by molar-refractivity contribution is 0.720. The van der Waals surface area contributed by atoms with Crippen LogP contribution in [0.4, 0.5) is 5.69 Å². The average molecular weight is 227 g/mol. The molecule has 3 nitrogen and oxygen atoms in total. The molecule has 0 spiro atoms. The standard InChI is InChI=1S/C14H17N3/c1-10-3-2-4-11(7-10)8-14(16)12-9-17-6-5-13(12)15/h2-7,9,14H,8,16H2,1H3,(H2,15,17).